The summed E-state index contributed by atoms with van der Waals surface area (Å²) in [5.74, 6) is -0.298. The molecule has 32 heavy (non-hydrogen) atoms. The van der Waals surface area contributed by atoms with Gasteiger partial charge in [0.25, 0.3) is 0 Å². The molecule has 0 spiro atoms. The van der Waals surface area contributed by atoms with Crippen molar-refractivity contribution in [3.63, 3.8) is 0 Å². The van der Waals surface area contributed by atoms with Crippen molar-refractivity contribution in [1.29, 1.82) is 0 Å². The van der Waals surface area contributed by atoms with Gasteiger partial charge in [0.15, 0.2) is 0 Å². The standard InChI is InChI=1S/C23H28FN3O4S/c1-17-14-20(27-9-3-6-23(27)28)7-8-22(17)32(29,30)25-16-21(26-10-12-31-13-11-26)18-4-2-5-19(24)15-18/h2,4-5,7-8,14-15,21,25H,3,6,9-13,16H2,1H3. The number of rotatable bonds is 7. The third kappa shape index (κ3) is 5.01. The number of hydrogen-bond donors (Lipinski definition) is 1. The molecule has 2 aromatic carbocycles. The lowest BCUT2D eigenvalue weighted by Gasteiger charge is -2.35. The number of carbonyl (C=O) groups is 1. The van der Waals surface area contributed by atoms with Crippen LogP contribution in [0.25, 0.3) is 0 Å². The number of sulfonamides is 1. The number of aryl methyl sites for hydroxylation is 1. The number of nitrogens with zero attached hydrogens (tertiary/aromatic N) is 2. The summed E-state index contributed by atoms with van der Waals surface area (Å²) >= 11 is 0. The highest BCUT2D eigenvalue weighted by Gasteiger charge is 2.27. The monoisotopic (exact) mass is 461 g/mol. The summed E-state index contributed by atoms with van der Waals surface area (Å²) in [6, 6.07) is 10.9. The van der Waals surface area contributed by atoms with Gasteiger partial charge in [-0.2, -0.15) is 0 Å². The Kier molecular flexibility index (Phi) is 6.90. The van der Waals surface area contributed by atoms with Crippen molar-refractivity contribution in [3.05, 3.63) is 59.4 Å². The van der Waals surface area contributed by atoms with Crippen molar-refractivity contribution in [3.8, 4) is 0 Å². The van der Waals surface area contributed by atoms with E-state index in [-0.39, 0.29) is 29.2 Å². The van der Waals surface area contributed by atoms with Crippen molar-refractivity contribution in [1.82, 2.24) is 9.62 Å². The van der Waals surface area contributed by atoms with Gasteiger partial charge in [-0.25, -0.2) is 17.5 Å². The van der Waals surface area contributed by atoms with Gasteiger partial charge in [0.05, 0.1) is 18.1 Å². The Morgan fingerprint density at radius 2 is 1.91 bits per heavy atom. The molecule has 1 atom stereocenters. The third-order valence-electron chi connectivity index (χ3n) is 6.02. The van der Waals surface area contributed by atoms with E-state index in [1.54, 1.807) is 36.1 Å². The van der Waals surface area contributed by atoms with Gasteiger partial charge in [-0.15, -0.1) is 0 Å². The second-order valence-corrected chi connectivity index (χ2v) is 9.91. The molecule has 1 amide bonds. The topological polar surface area (TPSA) is 79.0 Å². The number of nitrogens with one attached hydrogen (secondary N) is 1. The van der Waals surface area contributed by atoms with Crippen LogP contribution in [0.5, 0.6) is 0 Å². The average Bonchev–Trinajstić information content (AvgIpc) is 3.20. The molecule has 4 rings (SSSR count). The van der Waals surface area contributed by atoms with E-state index in [0.717, 1.165) is 12.1 Å². The lowest BCUT2D eigenvalue weighted by atomic mass is 10.0. The van der Waals surface area contributed by atoms with Crippen LogP contribution < -0.4 is 9.62 Å². The number of amides is 1. The highest BCUT2D eigenvalue weighted by Crippen LogP contribution is 2.27. The first-order valence-corrected chi connectivity index (χ1v) is 12.3. The van der Waals surface area contributed by atoms with Crippen molar-refractivity contribution < 1.29 is 22.3 Å². The van der Waals surface area contributed by atoms with E-state index < -0.39 is 10.0 Å². The average molecular weight is 462 g/mol. The first kappa shape index (κ1) is 22.8. The number of carbonyl (C=O) groups excluding carboxylic acids is 1. The molecule has 172 valence electrons. The summed E-state index contributed by atoms with van der Waals surface area (Å²) in [6.07, 6.45) is 1.33. The number of hydrogen-bond acceptors (Lipinski definition) is 5. The second kappa shape index (κ2) is 9.66. The Labute approximate surface area is 188 Å². The van der Waals surface area contributed by atoms with Crippen LogP contribution in [-0.2, 0) is 19.6 Å². The molecule has 2 heterocycles. The Balaban J connectivity index is 1.54. The summed E-state index contributed by atoms with van der Waals surface area (Å²) in [5.41, 5.74) is 2.01. The molecule has 2 fully saturated rings. The fourth-order valence-corrected chi connectivity index (χ4v) is 5.61. The molecule has 0 radical (unpaired) electrons. The van der Waals surface area contributed by atoms with E-state index in [2.05, 4.69) is 9.62 Å². The number of ether oxygens (including phenoxy) is 1. The van der Waals surface area contributed by atoms with Crippen LogP contribution in [0.3, 0.4) is 0 Å². The van der Waals surface area contributed by atoms with Crippen LogP contribution in [0, 0.1) is 12.7 Å². The molecule has 0 aromatic heterocycles. The second-order valence-electron chi connectivity index (χ2n) is 8.17. The maximum Gasteiger partial charge on any atom is 0.240 e. The number of anilines is 1. The van der Waals surface area contributed by atoms with Crippen molar-refractivity contribution >= 4 is 21.6 Å². The lowest BCUT2D eigenvalue weighted by molar-refractivity contribution is -0.117. The highest BCUT2D eigenvalue weighted by atomic mass is 32.2. The summed E-state index contributed by atoms with van der Waals surface area (Å²) in [5, 5.41) is 0. The molecule has 0 bridgehead atoms. The lowest BCUT2D eigenvalue weighted by Crippen LogP contribution is -2.43. The van der Waals surface area contributed by atoms with Crippen molar-refractivity contribution in [2.24, 2.45) is 0 Å². The minimum Gasteiger partial charge on any atom is -0.379 e. The molecule has 0 saturated carbocycles. The van der Waals surface area contributed by atoms with Crippen LogP contribution in [0.15, 0.2) is 47.4 Å². The molecule has 2 saturated heterocycles. The minimum absolute atomic E-state index is 0.0570. The zero-order valence-electron chi connectivity index (χ0n) is 18.1. The van der Waals surface area contributed by atoms with E-state index in [9.17, 15) is 17.6 Å². The van der Waals surface area contributed by atoms with Crippen LogP contribution in [0.2, 0.25) is 0 Å². The fourth-order valence-electron chi connectivity index (χ4n) is 4.35. The molecular weight excluding hydrogens is 433 g/mol. The Morgan fingerprint density at radius 1 is 1.12 bits per heavy atom. The smallest absolute Gasteiger partial charge is 0.240 e. The molecular formula is C23H28FN3O4S. The summed E-state index contributed by atoms with van der Waals surface area (Å²) in [4.78, 5) is 16.0. The number of benzene rings is 2. The van der Waals surface area contributed by atoms with Crippen LogP contribution in [0.4, 0.5) is 10.1 Å². The van der Waals surface area contributed by atoms with E-state index in [1.165, 1.54) is 12.1 Å². The molecule has 7 nitrogen and oxygen atoms in total. The highest BCUT2D eigenvalue weighted by molar-refractivity contribution is 7.89. The largest absolute Gasteiger partial charge is 0.379 e. The van der Waals surface area contributed by atoms with Gasteiger partial charge in [0, 0.05) is 44.3 Å². The molecule has 1 unspecified atom stereocenters. The molecule has 9 heteroatoms. The quantitative estimate of drug-likeness (QED) is 0.686. The van der Waals surface area contributed by atoms with Crippen LogP contribution in [0.1, 0.15) is 30.0 Å². The predicted octanol–water partition coefficient (Wildman–Crippen LogP) is 2.61. The van der Waals surface area contributed by atoms with Crippen molar-refractivity contribution in [2.75, 3.05) is 44.3 Å². The Bertz CT molecular complexity index is 1090. The normalized spacial score (nSPS) is 18.8. The maximum atomic E-state index is 13.9. The van der Waals surface area contributed by atoms with Gasteiger partial charge in [-0.1, -0.05) is 12.1 Å². The van der Waals surface area contributed by atoms with Gasteiger partial charge < -0.3 is 9.64 Å². The zero-order chi connectivity index (χ0) is 22.7. The summed E-state index contributed by atoms with van der Waals surface area (Å²) < 4.78 is 48.3. The maximum absolute atomic E-state index is 13.9. The molecule has 2 aliphatic rings. The molecule has 1 N–H and O–H groups in total. The van der Waals surface area contributed by atoms with Gasteiger partial charge in [-0.05, 0) is 54.8 Å². The van der Waals surface area contributed by atoms with Crippen LogP contribution >= 0.6 is 0 Å². The predicted molar refractivity (Wildman–Crippen MR) is 119 cm³/mol. The summed E-state index contributed by atoms with van der Waals surface area (Å²) in [7, 11) is -3.80. The first-order chi connectivity index (χ1) is 15.3. The van der Waals surface area contributed by atoms with E-state index >= 15 is 0 Å². The summed E-state index contributed by atoms with van der Waals surface area (Å²) in [6.45, 7) is 4.86. The van der Waals surface area contributed by atoms with Gasteiger partial charge in [-0.3, -0.25) is 9.69 Å². The third-order valence-corrected chi connectivity index (χ3v) is 7.60. The Hall–Kier alpha value is -2.33. The van der Waals surface area contributed by atoms with Gasteiger partial charge in [0.1, 0.15) is 5.82 Å². The molecule has 2 aliphatic heterocycles. The van der Waals surface area contributed by atoms with Gasteiger partial charge >= 0.3 is 0 Å². The van der Waals surface area contributed by atoms with Crippen LogP contribution in [-0.4, -0.2) is 58.6 Å². The molecule has 2 aromatic rings. The van der Waals surface area contributed by atoms with Gasteiger partial charge in [0.2, 0.25) is 15.9 Å². The van der Waals surface area contributed by atoms with Crippen molar-refractivity contribution in [2.45, 2.75) is 30.7 Å². The zero-order valence-corrected chi connectivity index (χ0v) is 18.9. The van der Waals surface area contributed by atoms with E-state index in [4.69, 9.17) is 4.74 Å². The van der Waals surface area contributed by atoms with E-state index in [0.29, 0.717) is 50.4 Å². The molecule has 0 aliphatic carbocycles. The fraction of sp³-hybridized carbons (Fsp3) is 0.435. The first-order valence-electron chi connectivity index (χ1n) is 10.8. The van der Waals surface area contributed by atoms with E-state index in [1.807, 2.05) is 6.07 Å². The SMILES string of the molecule is Cc1cc(N2CCCC2=O)ccc1S(=O)(=O)NCC(c1cccc(F)c1)N1CCOCC1. The number of morpholine rings is 1. The minimum atomic E-state index is -3.80. The Morgan fingerprint density at radius 3 is 2.56 bits per heavy atom. The number of halogens is 1.